The van der Waals surface area contributed by atoms with Gasteiger partial charge in [0.15, 0.2) is 0 Å². The van der Waals surface area contributed by atoms with Crippen molar-refractivity contribution >= 4 is 11.6 Å². The van der Waals surface area contributed by atoms with Gasteiger partial charge in [0.25, 0.3) is 0 Å². The van der Waals surface area contributed by atoms with Crippen LogP contribution in [0.4, 0.5) is 13.2 Å². The van der Waals surface area contributed by atoms with E-state index in [1.807, 2.05) is 0 Å². The Bertz CT molecular complexity index is 579. The average Bonchev–Trinajstić information content (AvgIpc) is 2.31. The summed E-state index contributed by atoms with van der Waals surface area (Å²) in [5.74, 6) is 0. The number of aromatic nitrogens is 1. The first-order valence-corrected chi connectivity index (χ1v) is 5.55. The number of hydrogen-bond acceptors (Lipinski definition) is 1. The van der Waals surface area contributed by atoms with Crippen LogP contribution < -0.4 is 0 Å². The lowest BCUT2D eigenvalue weighted by Gasteiger charge is -2.10. The lowest BCUT2D eigenvalue weighted by Crippen LogP contribution is -2.04. The molecule has 1 nitrogen and oxygen atoms in total. The van der Waals surface area contributed by atoms with E-state index in [1.165, 1.54) is 12.3 Å². The molecule has 5 heteroatoms. The van der Waals surface area contributed by atoms with Crippen molar-refractivity contribution in [3.63, 3.8) is 0 Å². The van der Waals surface area contributed by atoms with Crippen LogP contribution in [0.2, 0.25) is 5.15 Å². The summed E-state index contributed by atoms with van der Waals surface area (Å²) in [6, 6.07) is 6.71. The Kier molecular flexibility index (Phi) is 3.30. The highest BCUT2D eigenvalue weighted by Crippen LogP contribution is 2.33. The van der Waals surface area contributed by atoms with Gasteiger partial charge in [-0.05, 0) is 41.8 Å². The molecule has 0 atom stereocenters. The molecule has 0 N–H and O–H groups in total. The Labute approximate surface area is 107 Å². The van der Waals surface area contributed by atoms with Gasteiger partial charge in [-0.1, -0.05) is 23.7 Å². The summed E-state index contributed by atoms with van der Waals surface area (Å²) in [4.78, 5) is 3.88. The highest BCUT2D eigenvalue weighted by Gasteiger charge is 2.30. The monoisotopic (exact) mass is 271 g/mol. The summed E-state index contributed by atoms with van der Waals surface area (Å²) in [6.07, 6.45) is -2.81. The second kappa shape index (κ2) is 4.61. The summed E-state index contributed by atoms with van der Waals surface area (Å²) in [5.41, 5.74) is 1.23. The van der Waals surface area contributed by atoms with E-state index in [-0.39, 0.29) is 5.15 Å². The number of hydrogen-bond donors (Lipinski definition) is 0. The number of halogens is 4. The maximum atomic E-state index is 12.6. The molecule has 0 spiro atoms. The van der Waals surface area contributed by atoms with Crippen LogP contribution in [0.1, 0.15) is 11.1 Å². The third-order valence-electron chi connectivity index (χ3n) is 2.57. The first-order chi connectivity index (χ1) is 8.38. The lowest BCUT2D eigenvalue weighted by molar-refractivity contribution is -0.137. The third-order valence-corrected chi connectivity index (χ3v) is 2.78. The highest BCUT2D eigenvalue weighted by molar-refractivity contribution is 6.29. The average molecular weight is 272 g/mol. The van der Waals surface area contributed by atoms with Crippen molar-refractivity contribution in [3.05, 3.63) is 52.8 Å². The predicted molar refractivity (Wildman–Crippen MR) is 64.4 cm³/mol. The molecule has 18 heavy (non-hydrogen) atoms. The fourth-order valence-electron chi connectivity index (χ4n) is 1.67. The first kappa shape index (κ1) is 12.9. The summed E-state index contributed by atoms with van der Waals surface area (Å²) in [7, 11) is 0. The van der Waals surface area contributed by atoms with Gasteiger partial charge < -0.3 is 0 Å². The quantitative estimate of drug-likeness (QED) is 0.683. The van der Waals surface area contributed by atoms with Crippen molar-refractivity contribution in [3.8, 4) is 11.1 Å². The molecule has 0 aliphatic rings. The van der Waals surface area contributed by atoms with Gasteiger partial charge in [0.2, 0.25) is 0 Å². The maximum absolute atomic E-state index is 12.6. The number of nitrogens with zero attached hydrogens (tertiary/aromatic N) is 1. The number of aryl methyl sites for hydroxylation is 1. The standard InChI is InChI=1S/C13H9ClF3N/c1-8-7-18-12(14)6-11(8)9-3-2-4-10(5-9)13(15,16)17/h2-7H,1H3. The Hall–Kier alpha value is -1.55. The fraction of sp³-hybridized carbons (Fsp3) is 0.154. The van der Waals surface area contributed by atoms with Crippen molar-refractivity contribution in [2.45, 2.75) is 13.1 Å². The molecule has 0 fully saturated rings. The van der Waals surface area contributed by atoms with Crippen molar-refractivity contribution in [1.82, 2.24) is 4.98 Å². The number of benzene rings is 1. The number of rotatable bonds is 1. The van der Waals surface area contributed by atoms with Crippen molar-refractivity contribution in [2.75, 3.05) is 0 Å². The van der Waals surface area contributed by atoms with E-state index in [2.05, 4.69) is 4.98 Å². The third kappa shape index (κ3) is 2.64. The van der Waals surface area contributed by atoms with Gasteiger partial charge in [0, 0.05) is 6.20 Å². The van der Waals surface area contributed by atoms with Crippen LogP contribution in [-0.2, 0) is 6.18 Å². The first-order valence-electron chi connectivity index (χ1n) is 5.18. The fourth-order valence-corrected chi connectivity index (χ4v) is 1.83. The van der Waals surface area contributed by atoms with Crippen LogP contribution in [0.3, 0.4) is 0 Å². The molecule has 2 aromatic rings. The van der Waals surface area contributed by atoms with Gasteiger partial charge in [0.05, 0.1) is 5.56 Å². The Morgan fingerprint density at radius 2 is 1.89 bits per heavy atom. The predicted octanol–water partition coefficient (Wildman–Crippen LogP) is 4.73. The van der Waals surface area contributed by atoms with Gasteiger partial charge in [-0.25, -0.2) is 4.98 Å². The minimum Gasteiger partial charge on any atom is -0.244 e. The van der Waals surface area contributed by atoms with E-state index < -0.39 is 11.7 Å². The van der Waals surface area contributed by atoms with Gasteiger partial charge in [0.1, 0.15) is 5.15 Å². The van der Waals surface area contributed by atoms with E-state index in [0.29, 0.717) is 11.1 Å². The van der Waals surface area contributed by atoms with E-state index in [9.17, 15) is 13.2 Å². The topological polar surface area (TPSA) is 12.9 Å². The zero-order chi connectivity index (χ0) is 13.3. The Balaban J connectivity index is 2.55. The molecular formula is C13H9ClF3N. The summed E-state index contributed by atoms with van der Waals surface area (Å²) in [5, 5.41) is 0.257. The highest BCUT2D eigenvalue weighted by atomic mass is 35.5. The largest absolute Gasteiger partial charge is 0.416 e. The molecule has 0 saturated heterocycles. The van der Waals surface area contributed by atoms with Crippen molar-refractivity contribution in [2.24, 2.45) is 0 Å². The maximum Gasteiger partial charge on any atom is 0.416 e. The molecular weight excluding hydrogens is 263 g/mol. The number of pyridine rings is 1. The molecule has 1 aromatic heterocycles. The van der Waals surface area contributed by atoms with E-state index in [4.69, 9.17) is 11.6 Å². The Morgan fingerprint density at radius 3 is 2.56 bits per heavy atom. The van der Waals surface area contributed by atoms with Crippen LogP contribution in [0.5, 0.6) is 0 Å². The van der Waals surface area contributed by atoms with Crippen LogP contribution >= 0.6 is 11.6 Å². The molecule has 0 radical (unpaired) electrons. The molecule has 94 valence electrons. The van der Waals surface area contributed by atoms with Crippen LogP contribution in [0.25, 0.3) is 11.1 Å². The van der Waals surface area contributed by atoms with E-state index in [1.54, 1.807) is 19.1 Å². The minimum atomic E-state index is -4.35. The molecule has 0 aliphatic heterocycles. The zero-order valence-electron chi connectivity index (χ0n) is 9.42. The van der Waals surface area contributed by atoms with Crippen LogP contribution in [0.15, 0.2) is 36.5 Å². The molecule has 0 aliphatic carbocycles. The van der Waals surface area contributed by atoms with Crippen LogP contribution in [0, 0.1) is 6.92 Å². The second-order valence-corrected chi connectivity index (χ2v) is 4.29. The molecule has 1 heterocycles. The minimum absolute atomic E-state index is 0.257. The molecule has 0 unspecified atom stereocenters. The van der Waals surface area contributed by atoms with Gasteiger partial charge >= 0.3 is 6.18 Å². The molecule has 0 bridgehead atoms. The van der Waals surface area contributed by atoms with Crippen LogP contribution in [-0.4, -0.2) is 4.98 Å². The molecule has 0 amide bonds. The Morgan fingerprint density at radius 1 is 1.17 bits per heavy atom. The van der Waals surface area contributed by atoms with Gasteiger partial charge in [-0.2, -0.15) is 13.2 Å². The summed E-state index contributed by atoms with van der Waals surface area (Å²) in [6.45, 7) is 1.78. The van der Waals surface area contributed by atoms with Gasteiger partial charge in [-0.15, -0.1) is 0 Å². The van der Waals surface area contributed by atoms with E-state index in [0.717, 1.165) is 17.7 Å². The smallest absolute Gasteiger partial charge is 0.244 e. The van der Waals surface area contributed by atoms with Crippen molar-refractivity contribution in [1.29, 1.82) is 0 Å². The van der Waals surface area contributed by atoms with Gasteiger partial charge in [-0.3, -0.25) is 0 Å². The van der Waals surface area contributed by atoms with E-state index >= 15 is 0 Å². The normalized spacial score (nSPS) is 11.6. The zero-order valence-corrected chi connectivity index (χ0v) is 10.2. The SMILES string of the molecule is Cc1cnc(Cl)cc1-c1cccc(C(F)(F)F)c1. The van der Waals surface area contributed by atoms with Crippen molar-refractivity contribution < 1.29 is 13.2 Å². The second-order valence-electron chi connectivity index (χ2n) is 3.90. The number of alkyl halides is 3. The summed E-state index contributed by atoms with van der Waals surface area (Å²) < 4.78 is 37.9. The summed E-state index contributed by atoms with van der Waals surface area (Å²) >= 11 is 5.76. The molecule has 2 rings (SSSR count). The lowest BCUT2D eigenvalue weighted by atomic mass is 10.0. The molecule has 0 saturated carbocycles. The molecule has 1 aromatic carbocycles.